The second-order valence-corrected chi connectivity index (χ2v) is 38.1. The van der Waals surface area contributed by atoms with Crippen molar-refractivity contribution in [3.05, 3.63) is 546 Å². The zero-order chi connectivity index (χ0) is 96.0. The van der Waals surface area contributed by atoms with Crippen LogP contribution in [0.2, 0.25) is 0 Å². The normalized spacial score (nSPS) is 11.8. The molecule has 0 atom stereocenters. The van der Waals surface area contributed by atoms with Crippen molar-refractivity contribution in [2.45, 2.75) is 0 Å². The molecule has 31 rings (SSSR count). The SMILES string of the molecule is c1ccc(-c2cccc(-n3c4ccccc4c4c5c6ccccc6n(-c6cccc(-c7ccccc7)c6)c5ccc43)c2)cc1.c1ccc(-c2cccc(-n3c4ccccc4c4cc(-n5c6ccccc6c6ccc7c8ccccc8n(-c8ccccc8)c7c65)ccc43)c2)cc1.c1ccc(-n2c3ccccc3c3ccc(-c4ccc(-n5c6ccccc6c6c5ccc5c7ccccc7n(-c7ccccc7)c56)cc4)cc32)cc1. The molecule has 0 amide bonds. The molecule has 146 heavy (non-hydrogen) atoms. The van der Waals surface area contributed by atoms with Crippen molar-refractivity contribution in [2.75, 3.05) is 0 Å². The maximum Gasteiger partial charge on any atom is 0.0788 e. The molecule has 0 aliphatic carbocycles. The lowest BCUT2D eigenvalue weighted by Gasteiger charge is -2.13. The zero-order valence-corrected chi connectivity index (χ0v) is 79.5. The molecule has 0 spiro atoms. The van der Waals surface area contributed by atoms with Crippen molar-refractivity contribution in [3.63, 3.8) is 0 Å². The molecule has 0 aliphatic heterocycles. The Morgan fingerprint density at radius 1 is 0.0890 bits per heavy atom. The molecule has 31 aromatic rings. The van der Waals surface area contributed by atoms with Gasteiger partial charge in [-0.1, -0.05) is 370 Å². The highest BCUT2D eigenvalue weighted by Crippen LogP contribution is 2.49. The minimum atomic E-state index is 1.14. The van der Waals surface area contributed by atoms with Crippen molar-refractivity contribution in [1.29, 1.82) is 0 Å². The third-order valence-corrected chi connectivity index (χ3v) is 30.1. The summed E-state index contributed by atoms with van der Waals surface area (Å²) in [6.07, 6.45) is 0. The number of hydrogen-bond donors (Lipinski definition) is 0. The minimum absolute atomic E-state index is 1.14. The number of hydrogen-bond acceptors (Lipinski definition) is 0. The monoisotopic (exact) mass is 1860 g/mol. The molecular formula is C138H90N8. The molecule has 0 saturated carbocycles. The third-order valence-electron chi connectivity index (χ3n) is 30.1. The van der Waals surface area contributed by atoms with Gasteiger partial charge in [-0.2, -0.15) is 0 Å². The Hall–Kier alpha value is -19.5. The van der Waals surface area contributed by atoms with Crippen LogP contribution >= 0.6 is 0 Å². The predicted octanol–water partition coefficient (Wildman–Crippen LogP) is 36.5. The second kappa shape index (κ2) is 34.2. The van der Waals surface area contributed by atoms with Crippen LogP contribution < -0.4 is 0 Å². The van der Waals surface area contributed by atoms with Gasteiger partial charge in [-0.3, -0.25) is 0 Å². The quantitative estimate of drug-likeness (QED) is 0.117. The van der Waals surface area contributed by atoms with Crippen molar-refractivity contribution in [1.82, 2.24) is 36.5 Å². The average Bonchev–Trinajstić information content (AvgIpc) is 1.55. The summed E-state index contributed by atoms with van der Waals surface area (Å²) in [5.74, 6) is 0. The molecule has 0 fully saturated rings. The Kier molecular flexibility index (Phi) is 19.5. The van der Waals surface area contributed by atoms with E-state index in [4.69, 9.17) is 0 Å². The van der Waals surface area contributed by atoms with E-state index in [2.05, 4.69) is 583 Å². The molecule has 0 saturated heterocycles. The van der Waals surface area contributed by atoms with Crippen LogP contribution in [-0.2, 0) is 0 Å². The topological polar surface area (TPSA) is 39.4 Å². The molecule has 23 aromatic carbocycles. The van der Waals surface area contributed by atoms with E-state index in [9.17, 15) is 0 Å². The van der Waals surface area contributed by atoms with Gasteiger partial charge in [0.25, 0.3) is 0 Å². The smallest absolute Gasteiger partial charge is 0.0788 e. The van der Waals surface area contributed by atoms with Crippen LogP contribution in [0.1, 0.15) is 0 Å². The fourth-order valence-electron chi connectivity index (χ4n) is 23.9. The molecule has 0 radical (unpaired) electrons. The average molecular weight is 1860 g/mol. The molecule has 0 aliphatic rings. The van der Waals surface area contributed by atoms with E-state index < -0.39 is 0 Å². The molecule has 0 N–H and O–H groups in total. The van der Waals surface area contributed by atoms with Crippen LogP contribution in [0.4, 0.5) is 0 Å². The Balaban J connectivity index is 0.000000104. The Bertz CT molecular complexity index is 10400. The number of nitrogens with zero attached hydrogens (tertiary/aromatic N) is 8. The lowest BCUT2D eigenvalue weighted by atomic mass is 10.0. The zero-order valence-electron chi connectivity index (χ0n) is 79.5. The molecule has 682 valence electrons. The number of rotatable bonds is 12. The van der Waals surface area contributed by atoms with Gasteiger partial charge in [-0.05, 0) is 220 Å². The Morgan fingerprint density at radius 3 is 0.726 bits per heavy atom. The predicted molar refractivity (Wildman–Crippen MR) is 616 cm³/mol. The van der Waals surface area contributed by atoms with Crippen LogP contribution in [0.25, 0.3) is 264 Å². The van der Waals surface area contributed by atoms with E-state index in [0.717, 1.165) is 34.1 Å². The van der Waals surface area contributed by atoms with Crippen LogP contribution in [0, 0.1) is 0 Å². The highest BCUT2D eigenvalue weighted by molar-refractivity contribution is 6.31. The fourth-order valence-corrected chi connectivity index (χ4v) is 23.9. The summed E-state index contributed by atoms with van der Waals surface area (Å²) in [7, 11) is 0. The van der Waals surface area contributed by atoms with E-state index in [1.165, 1.54) is 230 Å². The summed E-state index contributed by atoms with van der Waals surface area (Å²) in [5, 5.41) is 20.2. The maximum atomic E-state index is 2.49. The maximum absolute atomic E-state index is 2.49. The van der Waals surface area contributed by atoms with Crippen molar-refractivity contribution < 1.29 is 0 Å². The van der Waals surface area contributed by atoms with Gasteiger partial charge in [0, 0.05) is 132 Å². The van der Waals surface area contributed by atoms with Gasteiger partial charge in [0.15, 0.2) is 0 Å². The number of para-hydroxylation sites is 11. The van der Waals surface area contributed by atoms with Crippen LogP contribution in [0.3, 0.4) is 0 Å². The van der Waals surface area contributed by atoms with Crippen molar-refractivity contribution >= 4 is 174 Å². The van der Waals surface area contributed by atoms with Crippen LogP contribution in [0.15, 0.2) is 546 Å². The summed E-state index contributed by atoms with van der Waals surface area (Å²) >= 11 is 0. The second-order valence-electron chi connectivity index (χ2n) is 38.1. The standard InChI is InChI=1S/2C48H31N3.C42H28N2/c1-3-14-32(15-4-1)33-16-13-19-35(30-33)49-43-23-10-9-22-39(43)42-31-36(26-29-46(42)49)51-45-25-12-8-21-38(45)41-28-27-40-37-20-7-11-24-44(37)50(47(40)48(41)51)34-17-5-2-6-18-34;1-3-13-34(14-4-1)50-42-20-10-7-17-37(42)39-28-25-33(31-46(39)50)32-23-26-36(27-24-32)49-44-22-12-9-19-41(44)47-45(49)30-29-40-38-18-8-11-21-43(38)51(48(40)47)35-15-5-2-6-16-35;1-3-13-29(14-4-1)31-17-11-19-33(27-31)43-37-23-9-7-21-35(37)41-39(43)25-26-40-42(41)36-22-8-10-24-38(36)44(40)34-20-12-18-32(28-34)30-15-5-2-6-16-30/h2*1-31H;1-28H. The van der Waals surface area contributed by atoms with Gasteiger partial charge < -0.3 is 36.5 Å². The molecule has 0 bridgehead atoms. The summed E-state index contributed by atoms with van der Waals surface area (Å²) in [6, 6.07) is 198. The molecule has 8 aromatic heterocycles. The highest BCUT2D eigenvalue weighted by Gasteiger charge is 2.28. The number of fused-ring (bicyclic) bond motifs is 27. The summed E-state index contributed by atoms with van der Waals surface area (Å²) in [5.41, 5.74) is 38.3. The van der Waals surface area contributed by atoms with Crippen molar-refractivity contribution in [3.8, 4) is 90.0 Å². The van der Waals surface area contributed by atoms with Crippen LogP contribution in [-0.4, -0.2) is 36.5 Å². The summed E-state index contributed by atoms with van der Waals surface area (Å²) in [6.45, 7) is 0. The third kappa shape index (κ3) is 13.3. The summed E-state index contributed by atoms with van der Waals surface area (Å²) in [4.78, 5) is 0. The molecular weight excluding hydrogens is 1770 g/mol. The molecule has 8 heterocycles. The number of benzene rings is 23. The molecule has 0 unspecified atom stereocenters. The Morgan fingerprint density at radius 2 is 0.301 bits per heavy atom. The van der Waals surface area contributed by atoms with Gasteiger partial charge in [0.05, 0.1) is 88.3 Å². The lowest BCUT2D eigenvalue weighted by Crippen LogP contribution is -1.99. The first-order valence-corrected chi connectivity index (χ1v) is 50.2. The van der Waals surface area contributed by atoms with E-state index in [1.54, 1.807) is 0 Å². The van der Waals surface area contributed by atoms with E-state index in [0.29, 0.717) is 0 Å². The number of aromatic nitrogens is 8. The highest BCUT2D eigenvalue weighted by atomic mass is 15.1. The molecule has 8 nitrogen and oxygen atoms in total. The largest absolute Gasteiger partial charge is 0.309 e. The van der Waals surface area contributed by atoms with Gasteiger partial charge in [-0.15, -0.1) is 0 Å². The summed E-state index contributed by atoms with van der Waals surface area (Å²) < 4.78 is 19.5. The first-order chi connectivity index (χ1) is 72.5. The van der Waals surface area contributed by atoms with E-state index >= 15 is 0 Å². The van der Waals surface area contributed by atoms with E-state index in [-0.39, 0.29) is 0 Å². The van der Waals surface area contributed by atoms with E-state index in [1.807, 2.05) is 0 Å². The first kappa shape index (κ1) is 83.4. The molecule has 8 heteroatoms. The van der Waals surface area contributed by atoms with Gasteiger partial charge in [0.2, 0.25) is 0 Å². The Labute approximate surface area is 841 Å². The fraction of sp³-hybridized carbons (Fsp3) is 0. The van der Waals surface area contributed by atoms with Crippen molar-refractivity contribution in [2.24, 2.45) is 0 Å². The first-order valence-electron chi connectivity index (χ1n) is 50.2. The van der Waals surface area contributed by atoms with Gasteiger partial charge in [-0.25, -0.2) is 0 Å². The lowest BCUT2D eigenvalue weighted by molar-refractivity contribution is 1.15. The minimum Gasteiger partial charge on any atom is -0.309 e. The van der Waals surface area contributed by atoms with Gasteiger partial charge >= 0.3 is 0 Å². The van der Waals surface area contributed by atoms with Crippen LogP contribution in [0.5, 0.6) is 0 Å². The van der Waals surface area contributed by atoms with Gasteiger partial charge in [0.1, 0.15) is 0 Å².